The molecule has 2 aromatic carbocycles. The monoisotopic (exact) mass is 340 g/mol. The molecule has 2 aromatic rings. The summed E-state index contributed by atoms with van der Waals surface area (Å²) in [5.41, 5.74) is 1.14. The van der Waals surface area contributed by atoms with Crippen LogP contribution in [0.2, 0.25) is 0 Å². The van der Waals surface area contributed by atoms with Crippen LogP contribution in [0.25, 0.3) is 0 Å². The molecule has 25 heavy (non-hydrogen) atoms. The minimum absolute atomic E-state index is 0.0502. The summed E-state index contributed by atoms with van der Waals surface area (Å²) in [5.74, 6) is -1.40. The number of imide groups is 1. The number of hydrogen-bond donors (Lipinski definition) is 0. The molecular weight excluding hydrogens is 323 g/mol. The Bertz CT molecular complexity index is 815. The van der Waals surface area contributed by atoms with E-state index in [0.717, 1.165) is 4.90 Å². The van der Waals surface area contributed by atoms with E-state index in [1.807, 2.05) is 0 Å². The molecule has 0 saturated heterocycles. The highest BCUT2D eigenvalue weighted by molar-refractivity contribution is 6.21. The van der Waals surface area contributed by atoms with Crippen molar-refractivity contribution in [2.45, 2.75) is 13.3 Å². The van der Waals surface area contributed by atoms with Gasteiger partial charge in [-0.1, -0.05) is 25.1 Å². The summed E-state index contributed by atoms with van der Waals surface area (Å²) in [7, 11) is 0. The van der Waals surface area contributed by atoms with Gasteiger partial charge in [0.2, 0.25) is 5.91 Å². The van der Waals surface area contributed by atoms with Crippen LogP contribution in [-0.4, -0.2) is 35.7 Å². The first kappa shape index (κ1) is 16.8. The molecule has 128 valence electrons. The second-order valence-electron chi connectivity index (χ2n) is 5.69. The van der Waals surface area contributed by atoms with Crippen molar-refractivity contribution in [2.24, 2.45) is 0 Å². The minimum atomic E-state index is -0.452. The van der Waals surface area contributed by atoms with Crippen LogP contribution in [0.4, 0.5) is 10.1 Å². The number of carbonyl (C=O) groups is 3. The molecule has 5 nitrogen and oxygen atoms in total. The molecule has 3 rings (SSSR count). The van der Waals surface area contributed by atoms with E-state index in [1.165, 1.54) is 23.1 Å². The van der Waals surface area contributed by atoms with Gasteiger partial charge in [-0.2, -0.15) is 0 Å². The molecule has 0 fully saturated rings. The number of anilines is 1. The number of nitrogens with zero attached hydrogens (tertiary/aromatic N) is 2. The van der Waals surface area contributed by atoms with Crippen LogP contribution in [-0.2, 0) is 4.79 Å². The van der Waals surface area contributed by atoms with Crippen molar-refractivity contribution in [2.75, 3.05) is 18.0 Å². The average Bonchev–Trinajstić information content (AvgIpc) is 2.87. The van der Waals surface area contributed by atoms with Gasteiger partial charge in [0.1, 0.15) is 5.82 Å². The molecule has 1 heterocycles. The number of amides is 3. The molecule has 0 aliphatic carbocycles. The van der Waals surface area contributed by atoms with Gasteiger partial charge in [-0.25, -0.2) is 4.39 Å². The Morgan fingerprint density at radius 3 is 2.24 bits per heavy atom. The molecule has 6 heteroatoms. The van der Waals surface area contributed by atoms with E-state index in [9.17, 15) is 18.8 Å². The predicted octanol–water partition coefficient (Wildman–Crippen LogP) is 2.86. The lowest BCUT2D eigenvalue weighted by Crippen LogP contribution is -2.40. The third-order valence-electron chi connectivity index (χ3n) is 4.15. The van der Waals surface area contributed by atoms with E-state index in [-0.39, 0.29) is 37.2 Å². The average molecular weight is 340 g/mol. The molecule has 0 N–H and O–H groups in total. The number of benzene rings is 2. The highest BCUT2D eigenvalue weighted by Crippen LogP contribution is 2.23. The Kier molecular flexibility index (Phi) is 4.61. The van der Waals surface area contributed by atoms with Crippen LogP contribution in [0, 0.1) is 5.82 Å². The molecule has 0 aromatic heterocycles. The normalized spacial score (nSPS) is 13.1. The van der Waals surface area contributed by atoms with Crippen LogP contribution in [0.1, 0.15) is 34.1 Å². The van der Waals surface area contributed by atoms with E-state index in [4.69, 9.17) is 0 Å². The summed E-state index contributed by atoms with van der Waals surface area (Å²) in [4.78, 5) is 39.5. The lowest BCUT2D eigenvalue weighted by Gasteiger charge is -2.25. The van der Waals surface area contributed by atoms with E-state index in [0.29, 0.717) is 16.8 Å². The second-order valence-corrected chi connectivity index (χ2v) is 5.69. The van der Waals surface area contributed by atoms with E-state index in [1.54, 1.807) is 37.3 Å². The van der Waals surface area contributed by atoms with Crippen LogP contribution in [0.15, 0.2) is 48.5 Å². The Hall–Kier alpha value is -3.02. The topological polar surface area (TPSA) is 57.7 Å². The molecule has 0 atom stereocenters. The Labute approximate surface area is 144 Å². The van der Waals surface area contributed by atoms with Crippen molar-refractivity contribution < 1.29 is 18.8 Å². The zero-order chi connectivity index (χ0) is 18.0. The highest BCUT2D eigenvalue weighted by atomic mass is 19.1. The molecule has 0 unspecified atom stereocenters. The first-order valence-electron chi connectivity index (χ1n) is 8.04. The second kappa shape index (κ2) is 6.84. The molecule has 1 aliphatic rings. The van der Waals surface area contributed by atoms with Crippen LogP contribution in [0.3, 0.4) is 0 Å². The van der Waals surface area contributed by atoms with Crippen molar-refractivity contribution in [3.8, 4) is 0 Å². The molecule has 0 radical (unpaired) electrons. The van der Waals surface area contributed by atoms with Gasteiger partial charge in [-0.3, -0.25) is 19.3 Å². The number of fused-ring (bicyclic) bond motifs is 1. The summed E-state index contributed by atoms with van der Waals surface area (Å²) < 4.78 is 13.5. The standard InChI is InChI=1S/C19H17FN2O3/c1-2-17(23)21(14-7-5-6-13(20)12-14)10-11-22-18(24)15-8-3-4-9-16(15)19(22)25/h3-9,12H,2,10-11H2,1H3. The van der Waals surface area contributed by atoms with E-state index >= 15 is 0 Å². The van der Waals surface area contributed by atoms with Crippen LogP contribution >= 0.6 is 0 Å². The lowest BCUT2D eigenvalue weighted by atomic mass is 10.1. The Morgan fingerprint density at radius 2 is 1.68 bits per heavy atom. The lowest BCUT2D eigenvalue weighted by molar-refractivity contribution is -0.118. The first-order chi connectivity index (χ1) is 12.0. The maximum atomic E-state index is 13.5. The zero-order valence-electron chi connectivity index (χ0n) is 13.7. The molecule has 0 bridgehead atoms. The van der Waals surface area contributed by atoms with Crippen molar-refractivity contribution in [3.63, 3.8) is 0 Å². The minimum Gasteiger partial charge on any atom is -0.311 e. The number of carbonyl (C=O) groups excluding carboxylic acids is 3. The fraction of sp³-hybridized carbons (Fsp3) is 0.211. The Morgan fingerprint density at radius 1 is 1.04 bits per heavy atom. The fourth-order valence-corrected chi connectivity index (χ4v) is 2.87. The summed E-state index contributed by atoms with van der Waals surface area (Å²) in [6.07, 6.45) is 0.235. The summed E-state index contributed by atoms with van der Waals surface area (Å²) in [5, 5.41) is 0. The van der Waals surface area contributed by atoms with Gasteiger partial charge >= 0.3 is 0 Å². The fourth-order valence-electron chi connectivity index (χ4n) is 2.87. The summed E-state index contributed by atoms with van der Waals surface area (Å²) in [6.45, 7) is 1.87. The molecule has 0 spiro atoms. The van der Waals surface area contributed by atoms with Crippen molar-refractivity contribution in [1.82, 2.24) is 4.90 Å². The quantitative estimate of drug-likeness (QED) is 0.787. The van der Waals surface area contributed by atoms with Gasteiger partial charge in [-0.15, -0.1) is 0 Å². The third-order valence-corrected chi connectivity index (χ3v) is 4.15. The highest BCUT2D eigenvalue weighted by Gasteiger charge is 2.35. The largest absolute Gasteiger partial charge is 0.311 e. The van der Waals surface area contributed by atoms with Crippen LogP contribution in [0.5, 0.6) is 0 Å². The summed E-state index contributed by atoms with van der Waals surface area (Å²) in [6, 6.07) is 12.3. The smallest absolute Gasteiger partial charge is 0.261 e. The summed E-state index contributed by atoms with van der Waals surface area (Å²) >= 11 is 0. The van der Waals surface area contributed by atoms with Crippen molar-refractivity contribution in [3.05, 3.63) is 65.5 Å². The van der Waals surface area contributed by atoms with Gasteiger partial charge in [0.25, 0.3) is 11.8 Å². The maximum Gasteiger partial charge on any atom is 0.261 e. The van der Waals surface area contributed by atoms with Gasteiger partial charge in [0.15, 0.2) is 0 Å². The van der Waals surface area contributed by atoms with Crippen LogP contribution < -0.4 is 4.90 Å². The molecule has 0 saturated carbocycles. The van der Waals surface area contributed by atoms with Crippen molar-refractivity contribution in [1.29, 1.82) is 0 Å². The first-order valence-corrected chi connectivity index (χ1v) is 8.04. The van der Waals surface area contributed by atoms with Gasteiger partial charge in [0.05, 0.1) is 11.1 Å². The van der Waals surface area contributed by atoms with Crippen molar-refractivity contribution >= 4 is 23.4 Å². The SMILES string of the molecule is CCC(=O)N(CCN1C(=O)c2ccccc2C1=O)c1cccc(F)c1. The third kappa shape index (κ3) is 3.15. The van der Waals surface area contributed by atoms with Gasteiger partial charge in [0, 0.05) is 25.2 Å². The number of halogens is 1. The molecule has 1 aliphatic heterocycles. The number of hydrogen-bond acceptors (Lipinski definition) is 3. The number of rotatable bonds is 5. The molecular formula is C19H17FN2O3. The maximum absolute atomic E-state index is 13.5. The van der Waals surface area contributed by atoms with Gasteiger partial charge in [-0.05, 0) is 30.3 Å². The predicted molar refractivity (Wildman–Crippen MR) is 90.9 cm³/mol. The van der Waals surface area contributed by atoms with E-state index in [2.05, 4.69) is 0 Å². The Balaban J connectivity index is 1.80. The van der Waals surface area contributed by atoms with E-state index < -0.39 is 5.82 Å². The zero-order valence-corrected chi connectivity index (χ0v) is 13.7. The molecule has 3 amide bonds. The van der Waals surface area contributed by atoms with Gasteiger partial charge < -0.3 is 4.90 Å².